The molecule has 0 bridgehead atoms. The van der Waals surface area contributed by atoms with Crippen molar-refractivity contribution in [2.45, 2.75) is 31.8 Å². The lowest BCUT2D eigenvalue weighted by Gasteiger charge is -2.22. The summed E-state index contributed by atoms with van der Waals surface area (Å²) in [7, 11) is 0. The quantitative estimate of drug-likeness (QED) is 0.461. The smallest absolute Gasteiger partial charge is 0.275 e. The van der Waals surface area contributed by atoms with Crippen molar-refractivity contribution < 1.29 is 9.21 Å². The molecule has 2 aromatic heterocycles. The third-order valence-corrected chi connectivity index (χ3v) is 5.98. The first-order chi connectivity index (χ1) is 15.6. The van der Waals surface area contributed by atoms with Crippen LogP contribution in [0.4, 0.5) is 0 Å². The second-order valence-corrected chi connectivity index (χ2v) is 8.35. The molecule has 1 aliphatic heterocycles. The van der Waals surface area contributed by atoms with E-state index in [1.807, 2.05) is 36.4 Å². The molecule has 2 aromatic carbocycles. The number of benzene rings is 2. The van der Waals surface area contributed by atoms with Crippen molar-refractivity contribution in [1.82, 2.24) is 19.7 Å². The van der Waals surface area contributed by atoms with Gasteiger partial charge in [0, 0.05) is 23.4 Å². The highest BCUT2D eigenvalue weighted by atomic mass is 35.5. The predicted molar refractivity (Wildman–Crippen MR) is 120 cm³/mol. The van der Waals surface area contributed by atoms with Crippen LogP contribution in [0.2, 0.25) is 5.02 Å². The van der Waals surface area contributed by atoms with Gasteiger partial charge in [-0.3, -0.25) is 9.59 Å². The van der Waals surface area contributed by atoms with E-state index in [1.54, 1.807) is 29.4 Å². The number of carbonyl (C=O) groups is 1. The molecule has 0 aliphatic carbocycles. The lowest BCUT2D eigenvalue weighted by atomic mass is 10.1. The molecular formula is C24H21ClN4O3. The molecule has 0 saturated carbocycles. The topological polar surface area (TPSA) is 81.2 Å². The highest BCUT2D eigenvalue weighted by Gasteiger charge is 2.33. The molecule has 1 saturated heterocycles. The van der Waals surface area contributed by atoms with Gasteiger partial charge >= 0.3 is 0 Å². The summed E-state index contributed by atoms with van der Waals surface area (Å²) in [6.07, 6.45) is 5.50. The van der Waals surface area contributed by atoms with Crippen molar-refractivity contribution in [3.63, 3.8) is 0 Å². The van der Waals surface area contributed by atoms with Crippen LogP contribution in [0.1, 0.15) is 36.1 Å². The lowest BCUT2D eigenvalue weighted by Crippen LogP contribution is -2.37. The second kappa shape index (κ2) is 8.59. The van der Waals surface area contributed by atoms with Crippen molar-refractivity contribution in [1.29, 1.82) is 0 Å². The Labute approximate surface area is 189 Å². The van der Waals surface area contributed by atoms with Crippen molar-refractivity contribution >= 4 is 28.3 Å². The Morgan fingerprint density at radius 3 is 2.91 bits per heavy atom. The first kappa shape index (κ1) is 20.5. The van der Waals surface area contributed by atoms with Crippen LogP contribution in [0.25, 0.3) is 10.8 Å². The van der Waals surface area contributed by atoms with E-state index < -0.39 is 0 Å². The Morgan fingerprint density at radius 1 is 1.16 bits per heavy atom. The molecule has 8 heteroatoms. The molecule has 3 heterocycles. The lowest BCUT2D eigenvalue weighted by molar-refractivity contribution is -0.133. The van der Waals surface area contributed by atoms with Gasteiger partial charge in [-0.15, -0.1) is 0 Å². The van der Waals surface area contributed by atoms with Gasteiger partial charge < -0.3 is 9.32 Å². The SMILES string of the molecule is O=C(Cn1ncc2ccccc2c1=O)N1CCC[C@@H]1c1ncc(Cc2cccc(Cl)c2)o1. The van der Waals surface area contributed by atoms with Crippen LogP contribution in [0.5, 0.6) is 0 Å². The average molecular weight is 449 g/mol. The van der Waals surface area contributed by atoms with Gasteiger partial charge in [-0.05, 0) is 36.6 Å². The molecule has 7 nitrogen and oxygen atoms in total. The molecule has 0 N–H and O–H groups in total. The normalized spacial score (nSPS) is 16.0. The van der Waals surface area contributed by atoms with Gasteiger partial charge in [0.05, 0.1) is 17.8 Å². The number of carbonyl (C=O) groups excluding carboxylic acids is 1. The first-order valence-electron chi connectivity index (χ1n) is 10.5. The van der Waals surface area contributed by atoms with E-state index in [0.29, 0.717) is 35.0 Å². The number of fused-ring (bicyclic) bond motifs is 1. The minimum Gasteiger partial charge on any atom is -0.443 e. The summed E-state index contributed by atoms with van der Waals surface area (Å²) in [6, 6.07) is 14.6. The summed E-state index contributed by atoms with van der Waals surface area (Å²) in [5, 5.41) is 6.16. The number of rotatable bonds is 5. The number of amides is 1. The number of oxazole rings is 1. The third-order valence-electron chi connectivity index (χ3n) is 5.74. The highest BCUT2D eigenvalue weighted by Crippen LogP contribution is 2.32. The van der Waals surface area contributed by atoms with Crippen LogP contribution in [0, 0.1) is 0 Å². The van der Waals surface area contributed by atoms with E-state index in [2.05, 4.69) is 10.1 Å². The molecule has 32 heavy (non-hydrogen) atoms. The number of nitrogens with zero attached hydrogens (tertiary/aromatic N) is 4. The summed E-state index contributed by atoms with van der Waals surface area (Å²) in [6.45, 7) is 0.480. The van der Waals surface area contributed by atoms with Crippen LogP contribution in [-0.2, 0) is 17.8 Å². The van der Waals surface area contributed by atoms with E-state index in [-0.39, 0.29) is 24.1 Å². The minimum atomic E-state index is -0.271. The van der Waals surface area contributed by atoms with E-state index in [1.165, 1.54) is 4.68 Å². The number of halogens is 1. The zero-order chi connectivity index (χ0) is 22.1. The van der Waals surface area contributed by atoms with Gasteiger partial charge in [-0.25, -0.2) is 9.67 Å². The van der Waals surface area contributed by atoms with Gasteiger partial charge in [-0.2, -0.15) is 5.10 Å². The highest BCUT2D eigenvalue weighted by molar-refractivity contribution is 6.30. The molecule has 5 rings (SSSR count). The number of likely N-dealkylation sites (tertiary alicyclic amines) is 1. The summed E-state index contributed by atoms with van der Waals surface area (Å²) >= 11 is 6.06. The van der Waals surface area contributed by atoms with Crippen molar-refractivity contribution in [2.24, 2.45) is 0 Å². The Balaban J connectivity index is 1.33. The minimum absolute atomic E-state index is 0.115. The van der Waals surface area contributed by atoms with Crippen LogP contribution in [0.15, 0.2) is 70.1 Å². The van der Waals surface area contributed by atoms with E-state index in [0.717, 1.165) is 23.8 Å². The molecular weight excluding hydrogens is 428 g/mol. The largest absolute Gasteiger partial charge is 0.443 e. The maximum Gasteiger partial charge on any atom is 0.275 e. The Bertz CT molecular complexity index is 1350. The molecule has 0 unspecified atom stereocenters. The second-order valence-electron chi connectivity index (χ2n) is 7.91. The van der Waals surface area contributed by atoms with Gasteiger partial charge in [0.1, 0.15) is 18.3 Å². The number of aromatic nitrogens is 3. The summed E-state index contributed by atoms with van der Waals surface area (Å²) in [4.78, 5) is 32.0. The molecule has 0 radical (unpaired) electrons. The molecule has 4 aromatic rings. The fourth-order valence-electron chi connectivity index (χ4n) is 4.19. The molecule has 1 fully saturated rings. The molecule has 162 valence electrons. The van der Waals surface area contributed by atoms with Crippen LogP contribution >= 0.6 is 11.6 Å². The Kier molecular flexibility index (Phi) is 5.49. The summed E-state index contributed by atoms with van der Waals surface area (Å²) < 4.78 is 7.21. The van der Waals surface area contributed by atoms with E-state index in [4.69, 9.17) is 16.0 Å². The van der Waals surface area contributed by atoms with E-state index >= 15 is 0 Å². The van der Waals surface area contributed by atoms with Gasteiger partial charge in [-0.1, -0.05) is 41.9 Å². The third kappa shape index (κ3) is 4.03. The summed E-state index contributed by atoms with van der Waals surface area (Å²) in [5.41, 5.74) is 0.758. The zero-order valence-corrected chi connectivity index (χ0v) is 18.0. The van der Waals surface area contributed by atoms with Crippen molar-refractivity contribution in [2.75, 3.05) is 6.54 Å². The predicted octanol–water partition coefficient (Wildman–Crippen LogP) is 3.99. The zero-order valence-electron chi connectivity index (χ0n) is 17.3. The Morgan fingerprint density at radius 2 is 2.03 bits per heavy atom. The fraction of sp³-hybridized carbons (Fsp3) is 0.250. The number of hydrogen-bond acceptors (Lipinski definition) is 5. The van der Waals surface area contributed by atoms with E-state index in [9.17, 15) is 9.59 Å². The molecule has 1 aliphatic rings. The van der Waals surface area contributed by atoms with Gasteiger partial charge in [0.2, 0.25) is 11.8 Å². The monoisotopic (exact) mass is 448 g/mol. The standard InChI is InChI=1S/C24H21ClN4O3/c25-18-7-3-5-16(11-18)12-19-14-26-23(32-19)21-9-4-10-28(21)22(30)15-29-24(31)20-8-2-1-6-17(20)13-27-29/h1-3,5-8,11,13-14,21H,4,9-10,12,15H2/t21-/m1/s1. The maximum absolute atomic E-state index is 13.1. The maximum atomic E-state index is 13.1. The van der Waals surface area contributed by atoms with Crippen molar-refractivity contribution in [3.8, 4) is 0 Å². The average Bonchev–Trinajstić information content (AvgIpc) is 3.45. The number of hydrogen-bond donors (Lipinski definition) is 0. The molecule has 0 spiro atoms. The molecule has 1 amide bonds. The van der Waals surface area contributed by atoms with Crippen molar-refractivity contribution in [3.05, 3.63) is 93.5 Å². The van der Waals surface area contributed by atoms with Crippen LogP contribution in [-0.4, -0.2) is 32.1 Å². The first-order valence-corrected chi connectivity index (χ1v) is 10.9. The van der Waals surface area contributed by atoms with Gasteiger partial charge in [0.15, 0.2) is 0 Å². The van der Waals surface area contributed by atoms with Gasteiger partial charge in [0.25, 0.3) is 5.56 Å². The molecule has 1 atom stereocenters. The van der Waals surface area contributed by atoms with Crippen LogP contribution in [0.3, 0.4) is 0 Å². The fourth-order valence-corrected chi connectivity index (χ4v) is 4.40. The van der Waals surface area contributed by atoms with Crippen LogP contribution < -0.4 is 5.56 Å². The summed E-state index contributed by atoms with van der Waals surface area (Å²) in [5.74, 6) is 1.06. The Hall–Kier alpha value is -3.45.